The summed E-state index contributed by atoms with van der Waals surface area (Å²) in [6, 6.07) is -1.54. The molecule has 0 aliphatic carbocycles. The fraction of sp³-hybridized carbons (Fsp3) is 0.824. The summed E-state index contributed by atoms with van der Waals surface area (Å²) in [7, 11) is 0. The molecule has 1 aliphatic rings. The Bertz CT molecular complexity index is 456. The molecular formula is C17H31ClN2O5. The van der Waals surface area contributed by atoms with E-state index in [-0.39, 0.29) is 37.4 Å². The Morgan fingerprint density at radius 2 is 1.84 bits per heavy atom. The molecule has 4 atom stereocenters. The third kappa shape index (κ3) is 6.82. The summed E-state index contributed by atoms with van der Waals surface area (Å²) in [5.74, 6) is -1.75. The number of carbonyl (C=O) groups is 3. The maximum Gasteiger partial charge on any atom is 0.320 e. The second-order valence-corrected chi connectivity index (χ2v) is 6.40. The van der Waals surface area contributed by atoms with E-state index >= 15 is 0 Å². The number of rotatable bonds is 9. The predicted molar refractivity (Wildman–Crippen MR) is 96.6 cm³/mol. The number of ether oxygens (including phenoxy) is 1. The first-order valence-corrected chi connectivity index (χ1v) is 8.76. The van der Waals surface area contributed by atoms with Crippen molar-refractivity contribution in [3.05, 3.63) is 0 Å². The smallest absolute Gasteiger partial charge is 0.320 e. The zero-order valence-corrected chi connectivity index (χ0v) is 16.2. The van der Waals surface area contributed by atoms with Crippen LogP contribution in [0, 0.1) is 11.8 Å². The number of halogens is 1. The molecule has 1 rings (SSSR count). The monoisotopic (exact) mass is 378 g/mol. The summed E-state index contributed by atoms with van der Waals surface area (Å²) in [5, 5.41) is 15.2. The van der Waals surface area contributed by atoms with Crippen molar-refractivity contribution in [3.8, 4) is 0 Å². The van der Waals surface area contributed by atoms with Crippen molar-refractivity contribution in [1.82, 2.24) is 10.6 Å². The van der Waals surface area contributed by atoms with E-state index in [1.807, 2.05) is 0 Å². The summed E-state index contributed by atoms with van der Waals surface area (Å²) >= 11 is 0. The van der Waals surface area contributed by atoms with E-state index < -0.39 is 29.9 Å². The summed E-state index contributed by atoms with van der Waals surface area (Å²) in [6.45, 7) is 7.58. The molecule has 3 unspecified atom stereocenters. The van der Waals surface area contributed by atoms with E-state index in [2.05, 4.69) is 24.5 Å². The summed E-state index contributed by atoms with van der Waals surface area (Å²) in [5.41, 5.74) is 0. The summed E-state index contributed by atoms with van der Waals surface area (Å²) in [4.78, 5) is 35.2. The first-order valence-electron chi connectivity index (χ1n) is 8.76. The molecular weight excluding hydrogens is 348 g/mol. The maximum absolute atomic E-state index is 12.3. The van der Waals surface area contributed by atoms with Gasteiger partial charge < -0.3 is 15.2 Å². The van der Waals surface area contributed by atoms with Gasteiger partial charge in [0.05, 0.1) is 12.5 Å². The second-order valence-electron chi connectivity index (χ2n) is 6.40. The lowest BCUT2D eigenvalue weighted by molar-refractivity contribution is -0.148. The van der Waals surface area contributed by atoms with Crippen molar-refractivity contribution in [3.63, 3.8) is 0 Å². The van der Waals surface area contributed by atoms with Gasteiger partial charge in [-0.1, -0.05) is 26.7 Å². The number of amides is 1. The molecule has 0 aromatic heterocycles. The molecule has 0 radical (unpaired) electrons. The highest BCUT2D eigenvalue weighted by Crippen LogP contribution is 2.28. The Labute approximate surface area is 155 Å². The van der Waals surface area contributed by atoms with Crippen molar-refractivity contribution < 1.29 is 24.2 Å². The molecule has 0 aromatic rings. The highest BCUT2D eigenvalue weighted by Gasteiger charge is 2.46. The Morgan fingerprint density at radius 1 is 1.24 bits per heavy atom. The van der Waals surface area contributed by atoms with Crippen molar-refractivity contribution >= 4 is 30.3 Å². The lowest BCUT2D eigenvalue weighted by Gasteiger charge is -2.31. The lowest BCUT2D eigenvalue weighted by atomic mass is 9.86. The molecule has 0 saturated carbocycles. The van der Waals surface area contributed by atoms with Gasteiger partial charge in [-0.2, -0.15) is 0 Å². The topological polar surface area (TPSA) is 105 Å². The van der Waals surface area contributed by atoms with Crippen molar-refractivity contribution in [1.29, 1.82) is 0 Å². The van der Waals surface area contributed by atoms with Crippen LogP contribution in [0.3, 0.4) is 0 Å². The lowest BCUT2D eigenvalue weighted by Crippen LogP contribution is -2.53. The standard InChI is InChI=1S/C17H30N2O5.ClH/c1-5-11(6-2)8-13(18-10(4)20)15-12(17(23)24-7-3)9-14(19-15)16(21)22;/h11-15,19H,5-9H2,1-4H3,(H,18,20)(H,21,22);1H/t12?,13?,14-,15?;/m0./s1. The van der Waals surface area contributed by atoms with Gasteiger partial charge in [-0.3, -0.25) is 19.7 Å². The Kier molecular flexibility index (Phi) is 10.7. The van der Waals surface area contributed by atoms with E-state index in [0.717, 1.165) is 12.8 Å². The molecule has 1 fully saturated rings. The van der Waals surface area contributed by atoms with Gasteiger partial charge in [-0.15, -0.1) is 12.4 Å². The van der Waals surface area contributed by atoms with Gasteiger partial charge in [0, 0.05) is 19.0 Å². The quantitative estimate of drug-likeness (QED) is 0.528. The Morgan fingerprint density at radius 3 is 2.28 bits per heavy atom. The van der Waals surface area contributed by atoms with Crippen LogP contribution in [-0.4, -0.2) is 47.7 Å². The molecule has 25 heavy (non-hydrogen) atoms. The zero-order valence-electron chi connectivity index (χ0n) is 15.4. The van der Waals surface area contributed by atoms with Crippen LogP contribution in [-0.2, 0) is 19.1 Å². The zero-order chi connectivity index (χ0) is 18.3. The van der Waals surface area contributed by atoms with Gasteiger partial charge >= 0.3 is 11.9 Å². The van der Waals surface area contributed by atoms with Gasteiger partial charge in [-0.25, -0.2) is 0 Å². The van der Waals surface area contributed by atoms with Crippen LogP contribution < -0.4 is 10.6 Å². The molecule has 1 amide bonds. The van der Waals surface area contributed by atoms with Crippen molar-refractivity contribution in [2.75, 3.05) is 6.61 Å². The number of aliphatic carboxylic acids is 1. The summed E-state index contributed by atoms with van der Waals surface area (Å²) in [6.07, 6.45) is 2.81. The van der Waals surface area contributed by atoms with Crippen LogP contribution in [0.4, 0.5) is 0 Å². The first kappa shape index (κ1) is 23.7. The van der Waals surface area contributed by atoms with Crippen molar-refractivity contribution in [2.45, 2.75) is 71.5 Å². The van der Waals surface area contributed by atoms with E-state index in [0.29, 0.717) is 12.3 Å². The molecule has 8 heteroatoms. The van der Waals surface area contributed by atoms with E-state index in [4.69, 9.17) is 4.74 Å². The Hall–Kier alpha value is -1.34. The van der Waals surface area contributed by atoms with Crippen LogP contribution >= 0.6 is 12.4 Å². The molecule has 0 spiro atoms. The number of esters is 1. The average molecular weight is 379 g/mol. The minimum absolute atomic E-state index is 0. The number of carboxylic acids is 1. The molecule has 1 heterocycles. The SMILES string of the molecule is CCOC(=O)C1C[C@@H](C(=O)O)NC1C(CC(CC)CC)NC(C)=O.Cl. The van der Waals surface area contributed by atoms with Crippen LogP contribution in [0.5, 0.6) is 0 Å². The fourth-order valence-electron chi connectivity index (χ4n) is 3.42. The molecule has 1 aliphatic heterocycles. The van der Waals surface area contributed by atoms with Crippen molar-refractivity contribution in [2.24, 2.45) is 11.8 Å². The molecule has 1 saturated heterocycles. The van der Waals surface area contributed by atoms with Gasteiger partial charge in [0.15, 0.2) is 0 Å². The van der Waals surface area contributed by atoms with Gasteiger partial charge in [-0.05, 0) is 25.7 Å². The summed E-state index contributed by atoms with van der Waals surface area (Å²) < 4.78 is 5.11. The molecule has 0 bridgehead atoms. The third-order valence-corrected chi connectivity index (χ3v) is 4.77. The van der Waals surface area contributed by atoms with E-state index in [1.165, 1.54) is 6.92 Å². The van der Waals surface area contributed by atoms with Gasteiger partial charge in [0.2, 0.25) is 5.91 Å². The van der Waals surface area contributed by atoms with Gasteiger partial charge in [0.1, 0.15) is 6.04 Å². The minimum atomic E-state index is -0.990. The van der Waals surface area contributed by atoms with Crippen LogP contribution in [0.1, 0.15) is 53.4 Å². The first-order chi connectivity index (χ1) is 11.3. The number of hydrogen-bond donors (Lipinski definition) is 3. The van der Waals surface area contributed by atoms with Crippen LogP contribution in [0.2, 0.25) is 0 Å². The predicted octanol–water partition coefficient (Wildman–Crippen LogP) is 1.73. The third-order valence-electron chi connectivity index (χ3n) is 4.77. The van der Waals surface area contributed by atoms with Gasteiger partial charge in [0.25, 0.3) is 0 Å². The average Bonchev–Trinajstić information content (AvgIpc) is 2.96. The largest absolute Gasteiger partial charge is 0.480 e. The fourth-order valence-corrected chi connectivity index (χ4v) is 3.42. The maximum atomic E-state index is 12.3. The molecule has 146 valence electrons. The van der Waals surface area contributed by atoms with E-state index in [9.17, 15) is 19.5 Å². The number of hydrogen-bond acceptors (Lipinski definition) is 5. The molecule has 0 aromatic carbocycles. The highest BCUT2D eigenvalue weighted by atomic mass is 35.5. The molecule has 7 nitrogen and oxygen atoms in total. The normalized spacial score (nSPS) is 23.6. The molecule has 3 N–H and O–H groups in total. The number of nitrogens with one attached hydrogen (secondary N) is 2. The van der Waals surface area contributed by atoms with Crippen LogP contribution in [0.25, 0.3) is 0 Å². The highest BCUT2D eigenvalue weighted by molar-refractivity contribution is 5.85. The Balaban J connectivity index is 0.00000576. The van der Waals surface area contributed by atoms with Crippen LogP contribution in [0.15, 0.2) is 0 Å². The number of carbonyl (C=O) groups excluding carboxylic acids is 2. The second kappa shape index (κ2) is 11.3. The van der Waals surface area contributed by atoms with E-state index in [1.54, 1.807) is 6.92 Å². The number of carboxylic acid groups (broad SMARTS) is 1. The minimum Gasteiger partial charge on any atom is -0.480 e.